The molecular weight excluding hydrogens is 252 g/mol. The fraction of sp³-hybridized carbons (Fsp3) is 0.500. The van der Waals surface area contributed by atoms with E-state index in [1.54, 1.807) is 7.11 Å². The van der Waals surface area contributed by atoms with Crippen LogP contribution in [0, 0.1) is 11.8 Å². The Morgan fingerprint density at radius 2 is 2.00 bits per heavy atom. The fourth-order valence-corrected chi connectivity index (χ4v) is 2.22. The van der Waals surface area contributed by atoms with Crippen molar-refractivity contribution in [2.75, 3.05) is 7.11 Å². The first kappa shape index (κ1) is 14.6. The van der Waals surface area contributed by atoms with E-state index in [0.29, 0.717) is 11.6 Å². The molecule has 4 nitrogen and oxygen atoms in total. The summed E-state index contributed by atoms with van der Waals surface area (Å²) < 4.78 is 7.19. The largest absolute Gasteiger partial charge is 0.497 e. The van der Waals surface area contributed by atoms with E-state index < -0.39 is 0 Å². The zero-order valence-electron chi connectivity index (χ0n) is 12.8. The van der Waals surface area contributed by atoms with Crippen molar-refractivity contribution >= 4 is 16.7 Å². The van der Waals surface area contributed by atoms with Crippen LogP contribution in [0.3, 0.4) is 0 Å². The number of ether oxygens (including phenoxy) is 1. The Labute approximate surface area is 119 Å². The number of benzene rings is 1. The first-order valence-electron chi connectivity index (χ1n) is 7.02. The van der Waals surface area contributed by atoms with Gasteiger partial charge in [-0.15, -0.1) is 0 Å². The molecule has 0 amide bonds. The number of carbonyl (C=O) groups is 1. The summed E-state index contributed by atoms with van der Waals surface area (Å²) in [5, 5.41) is 5.45. The Hall–Kier alpha value is -1.84. The van der Waals surface area contributed by atoms with E-state index in [9.17, 15) is 4.79 Å². The van der Waals surface area contributed by atoms with Gasteiger partial charge in [0.1, 0.15) is 11.4 Å². The third-order valence-electron chi connectivity index (χ3n) is 3.25. The van der Waals surface area contributed by atoms with Crippen molar-refractivity contribution in [3.63, 3.8) is 0 Å². The average molecular weight is 274 g/mol. The maximum absolute atomic E-state index is 12.3. The molecule has 0 N–H and O–H groups in total. The van der Waals surface area contributed by atoms with Gasteiger partial charge in [0.2, 0.25) is 0 Å². The van der Waals surface area contributed by atoms with E-state index in [-0.39, 0.29) is 11.7 Å². The molecule has 2 aromatic rings. The predicted octanol–water partition coefficient (Wildman–Crippen LogP) is 3.54. The number of fused-ring (bicyclic) bond motifs is 1. The molecule has 4 heteroatoms. The summed E-state index contributed by atoms with van der Waals surface area (Å²) >= 11 is 0. The summed E-state index contributed by atoms with van der Waals surface area (Å²) in [6.45, 7) is 8.86. The molecule has 1 heterocycles. The number of ketones is 1. The van der Waals surface area contributed by atoms with Crippen LogP contribution in [0.5, 0.6) is 5.75 Å². The van der Waals surface area contributed by atoms with Gasteiger partial charge in [-0.25, -0.2) is 0 Å². The Morgan fingerprint density at radius 3 is 2.55 bits per heavy atom. The highest BCUT2D eigenvalue weighted by Gasteiger charge is 2.20. The third-order valence-corrected chi connectivity index (χ3v) is 3.25. The van der Waals surface area contributed by atoms with Crippen LogP contribution in [0.1, 0.15) is 38.2 Å². The molecule has 0 radical (unpaired) electrons. The molecular formula is C16H22N2O2. The second kappa shape index (κ2) is 5.65. The molecule has 0 saturated carbocycles. The van der Waals surface area contributed by atoms with Gasteiger partial charge in [0.15, 0.2) is 5.78 Å². The molecule has 0 unspecified atom stereocenters. The summed E-state index contributed by atoms with van der Waals surface area (Å²) in [4.78, 5) is 12.3. The van der Waals surface area contributed by atoms with Crippen LogP contribution in [-0.4, -0.2) is 22.7 Å². The smallest absolute Gasteiger partial charge is 0.186 e. The maximum atomic E-state index is 12.3. The lowest BCUT2D eigenvalue weighted by atomic mass is 10.0. The molecule has 0 aliphatic carbocycles. The normalized spacial score (nSPS) is 11.6. The Balaban J connectivity index is 2.62. The van der Waals surface area contributed by atoms with Crippen LogP contribution in [0.25, 0.3) is 10.9 Å². The van der Waals surface area contributed by atoms with Gasteiger partial charge in [-0.1, -0.05) is 27.7 Å². The molecule has 0 bridgehead atoms. The van der Waals surface area contributed by atoms with E-state index >= 15 is 0 Å². The highest BCUT2D eigenvalue weighted by atomic mass is 16.5. The van der Waals surface area contributed by atoms with E-state index in [4.69, 9.17) is 4.74 Å². The van der Waals surface area contributed by atoms with E-state index in [0.717, 1.165) is 23.2 Å². The van der Waals surface area contributed by atoms with Gasteiger partial charge in [0, 0.05) is 23.9 Å². The lowest BCUT2D eigenvalue weighted by molar-refractivity contribution is 0.0935. The second-order valence-corrected chi connectivity index (χ2v) is 5.83. The zero-order valence-corrected chi connectivity index (χ0v) is 12.8. The number of hydrogen-bond acceptors (Lipinski definition) is 3. The van der Waals surface area contributed by atoms with Crippen LogP contribution in [0.2, 0.25) is 0 Å². The van der Waals surface area contributed by atoms with Gasteiger partial charge in [0.25, 0.3) is 0 Å². The van der Waals surface area contributed by atoms with Gasteiger partial charge in [-0.05, 0) is 18.1 Å². The van der Waals surface area contributed by atoms with Crippen molar-refractivity contribution in [3.05, 3.63) is 23.9 Å². The lowest BCUT2D eigenvalue weighted by Crippen LogP contribution is -2.11. The Bertz CT molecular complexity index is 627. The van der Waals surface area contributed by atoms with Crippen molar-refractivity contribution in [1.29, 1.82) is 0 Å². The number of Topliss-reactive ketones (excluding diaryl/α,β-unsaturated/α-hetero) is 1. The number of nitrogens with zero attached hydrogens (tertiary/aromatic N) is 2. The molecule has 0 atom stereocenters. The summed E-state index contributed by atoms with van der Waals surface area (Å²) in [6.07, 6.45) is 0. The van der Waals surface area contributed by atoms with Crippen molar-refractivity contribution in [2.24, 2.45) is 11.8 Å². The molecule has 0 aliphatic rings. The monoisotopic (exact) mass is 274 g/mol. The lowest BCUT2D eigenvalue weighted by Gasteiger charge is -2.07. The van der Waals surface area contributed by atoms with Gasteiger partial charge in [0.05, 0.1) is 12.6 Å². The Morgan fingerprint density at radius 1 is 1.30 bits per heavy atom. The Kier molecular flexibility index (Phi) is 4.12. The van der Waals surface area contributed by atoms with Crippen LogP contribution >= 0.6 is 0 Å². The summed E-state index contributed by atoms with van der Waals surface area (Å²) in [5.74, 6) is 1.28. The molecule has 2 rings (SSSR count). The van der Waals surface area contributed by atoms with E-state index in [1.165, 1.54) is 0 Å². The van der Waals surface area contributed by atoms with E-state index in [1.807, 2.05) is 36.7 Å². The number of aromatic nitrogens is 2. The standard InChI is InChI=1S/C16H22N2O2/c1-10(2)9-18-14-8-12(20-5)6-7-13(14)15(17-18)16(19)11(3)4/h6-8,10-11H,9H2,1-5H3. The van der Waals surface area contributed by atoms with Crippen LogP contribution < -0.4 is 4.74 Å². The van der Waals surface area contributed by atoms with Crippen molar-refractivity contribution in [2.45, 2.75) is 34.2 Å². The van der Waals surface area contributed by atoms with Gasteiger partial charge in [-0.2, -0.15) is 5.10 Å². The van der Waals surface area contributed by atoms with Crippen LogP contribution in [0.15, 0.2) is 18.2 Å². The van der Waals surface area contributed by atoms with Gasteiger partial charge < -0.3 is 4.74 Å². The average Bonchev–Trinajstić information content (AvgIpc) is 2.75. The topological polar surface area (TPSA) is 44.1 Å². The van der Waals surface area contributed by atoms with Crippen molar-refractivity contribution < 1.29 is 9.53 Å². The molecule has 0 saturated heterocycles. The molecule has 20 heavy (non-hydrogen) atoms. The van der Waals surface area contributed by atoms with Crippen molar-refractivity contribution in [1.82, 2.24) is 9.78 Å². The second-order valence-electron chi connectivity index (χ2n) is 5.83. The first-order chi connectivity index (χ1) is 9.43. The number of hydrogen-bond donors (Lipinski definition) is 0. The van der Waals surface area contributed by atoms with Crippen LogP contribution in [-0.2, 0) is 6.54 Å². The highest BCUT2D eigenvalue weighted by molar-refractivity contribution is 6.07. The van der Waals surface area contributed by atoms with Crippen molar-refractivity contribution in [3.8, 4) is 5.75 Å². The number of carbonyl (C=O) groups excluding carboxylic acids is 1. The quantitative estimate of drug-likeness (QED) is 0.783. The van der Waals surface area contributed by atoms with Gasteiger partial charge in [-0.3, -0.25) is 9.48 Å². The minimum Gasteiger partial charge on any atom is -0.497 e. The molecule has 0 spiro atoms. The maximum Gasteiger partial charge on any atom is 0.186 e. The first-order valence-corrected chi connectivity index (χ1v) is 7.02. The fourth-order valence-electron chi connectivity index (χ4n) is 2.22. The summed E-state index contributed by atoms with van der Waals surface area (Å²) in [7, 11) is 1.64. The number of methoxy groups -OCH3 is 1. The third kappa shape index (κ3) is 2.69. The SMILES string of the molecule is COc1ccc2c(C(=O)C(C)C)nn(CC(C)C)c2c1. The van der Waals surface area contributed by atoms with Crippen LogP contribution in [0.4, 0.5) is 0 Å². The van der Waals surface area contributed by atoms with E-state index in [2.05, 4.69) is 18.9 Å². The summed E-state index contributed by atoms with van der Waals surface area (Å²) in [6, 6.07) is 5.75. The minimum atomic E-state index is -0.0531. The molecule has 108 valence electrons. The highest BCUT2D eigenvalue weighted by Crippen LogP contribution is 2.26. The molecule has 0 fully saturated rings. The van der Waals surface area contributed by atoms with Gasteiger partial charge >= 0.3 is 0 Å². The minimum absolute atomic E-state index is 0.0531. The predicted molar refractivity (Wildman–Crippen MR) is 80.3 cm³/mol. The molecule has 0 aliphatic heterocycles. The summed E-state index contributed by atoms with van der Waals surface area (Å²) in [5.41, 5.74) is 1.53. The molecule has 1 aromatic heterocycles. The molecule has 1 aromatic carbocycles. The number of rotatable bonds is 5. The zero-order chi connectivity index (χ0) is 14.9.